The van der Waals surface area contributed by atoms with Gasteiger partial charge in [0, 0.05) is 18.4 Å². The van der Waals surface area contributed by atoms with Crippen molar-refractivity contribution in [3.8, 4) is 0 Å². The van der Waals surface area contributed by atoms with Gasteiger partial charge in [0.2, 0.25) is 0 Å². The minimum absolute atomic E-state index is 0.286. The topological polar surface area (TPSA) is 23.5 Å². The Morgan fingerprint density at radius 3 is 2.57 bits per heavy atom. The van der Waals surface area contributed by atoms with Gasteiger partial charge in [-0.15, -0.1) is 0 Å². The summed E-state index contributed by atoms with van der Waals surface area (Å²) in [6, 6.07) is 18.7. The minimum atomic E-state index is -0.830. The van der Waals surface area contributed by atoms with Gasteiger partial charge < -0.3 is 10.0 Å². The Morgan fingerprint density at radius 2 is 1.76 bits per heavy atom. The number of benzene rings is 2. The predicted molar refractivity (Wildman–Crippen MR) is 84.2 cm³/mol. The molecule has 0 saturated carbocycles. The van der Waals surface area contributed by atoms with Crippen LogP contribution < -0.4 is 0 Å². The molecule has 2 aromatic rings. The molecule has 1 heterocycles. The molecule has 0 radical (unpaired) electrons. The highest BCUT2D eigenvalue weighted by Crippen LogP contribution is 2.55. The minimum Gasteiger partial charge on any atom is -0.380 e. The number of hydrogen-bond acceptors (Lipinski definition) is 2. The van der Waals surface area contributed by atoms with Crippen molar-refractivity contribution in [3.63, 3.8) is 0 Å². The molecule has 1 saturated heterocycles. The zero-order valence-corrected chi connectivity index (χ0v) is 12.4. The molecule has 0 unspecified atom stereocenters. The van der Waals surface area contributed by atoms with Gasteiger partial charge in [-0.3, -0.25) is 0 Å². The number of hydrogen-bond donors (Lipinski definition) is 1. The highest BCUT2D eigenvalue weighted by molar-refractivity contribution is 5.49. The van der Waals surface area contributed by atoms with E-state index in [0.29, 0.717) is 5.92 Å². The average molecular weight is 279 g/mol. The van der Waals surface area contributed by atoms with E-state index >= 15 is 0 Å². The van der Waals surface area contributed by atoms with E-state index in [1.54, 1.807) is 0 Å². The van der Waals surface area contributed by atoms with Crippen LogP contribution in [0.1, 0.15) is 29.0 Å². The Bertz CT molecular complexity index is 654. The fraction of sp³-hybridized carbons (Fsp3) is 0.368. The fourth-order valence-corrected chi connectivity index (χ4v) is 4.36. The van der Waals surface area contributed by atoms with Crippen LogP contribution in [-0.2, 0) is 5.60 Å². The van der Waals surface area contributed by atoms with Crippen LogP contribution in [0.5, 0.6) is 0 Å². The lowest BCUT2D eigenvalue weighted by molar-refractivity contribution is -0.00451. The number of likely N-dealkylation sites (N-methyl/N-ethyl adjacent to an activating group) is 1. The molecule has 0 amide bonds. The fourth-order valence-electron chi connectivity index (χ4n) is 4.36. The summed E-state index contributed by atoms with van der Waals surface area (Å²) in [7, 11) is 2.18. The van der Waals surface area contributed by atoms with Crippen LogP contribution in [0.4, 0.5) is 0 Å². The second-order valence-electron chi connectivity index (χ2n) is 6.48. The molecule has 0 bridgehead atoms. The van der Waals surface area contributed by atoms with Gasteiger partial charge in [0.1, 0.15) is 5.60 Å². The molecule has 2 heteroatoms. The van der Waals surface area contributed by atoms with Crippen molar-refractivity contribution in [1.29, 1.82) is 0 Å². The van der Waals surface area contributed by atoms with Crippen molar-refractivity contribution < 1.29 is 5.11 Å². The average Bonchev–Trinajstić information content (AvgIpc) is 2.79. The van der Waals surface area contributed by atoms with E-state index in [9.17, 15) is 5.11 Å². The summed E-state index contributed by atoms with van der Waals surface area (Å²) >= 11 is 0. The molecule has 21 heavy (non-hydrogen) atoms. The molecule has 3 atom stereocenters. The first kappa shape index (κ1) is 13.1. The lowest BCUT2D eigenvalue weighted by atomic mass is 9.75. The largest absolute Gasteiger partial charge is 0.380 e. The quantitative estimate of drug-likeness (QED) is 0.867. The van der Waals surface area contributed by atoms with Crippen molar-refractivity contribution in [3.05, 3.63) is 71.3 Å². The zero-order chi connectivity index (χ0) is 14.4. The summed E-state index contributed by atoms with van der Waals surface area (Å²) in [6.07, 6.45) is 1.04. The predicted octanol–water partition coefficient (Wildman–Crippen LogP) is 2.97. The molecular formula is C19H21NO. The third-order valence-corrected chi connectivity index (χ3v) is 5.34. The maximum Gasteiger partial charge on any atom is 0.118 e. The number of fused-ring (bicyclic) bond motifs is 3. The van der Waals surface area contributed by atoms with E-state index < -0.39 is 5.60 Å². The molecule has 0 spiro atoms. The molecule has 1 aliphatic heterocycles. The zero-order valence-electron chi connectivity index (χ0n) is 12.4. The first-order chi connectivity index (χ1) is 10.2. The maximum atomic E-state index is 11.7. The van der Waals surface area contributed by atoms with Crippen LogP contribution in [0.25, 0.3) is 0 Å². The number of likely N-dealkylation sites (tertiary alicyclic amines) is 1. The molecule has 1 aliphatic carbocycles. The third-order valence-electron chi connectivity index (χ3n) is 5.34. The van der Waals surface area contributed by atoms with Crippen LogP contribution in [0, 0.1) is 5.92 Å². The van der Waals surface area contributed by atoms with Crippen molar-refractivity contribution in [2.45, 2.75) is 17.9 Å². The Labute approximate surface area is 126 Å². The van der Waals surface area contributed by atoms with Crippen LogP contribution >= 0.6 is 0 Å². The number of nitrogens with zero attached hydrogens (tertiary/aromatic N) is 1. The second kappa shape index (κ2) is 4.69. The molecule has 4 rings (SSSR count). The summed E-state index contributed by atoms with van der Waals surface area (Å²) in [5, 5.41) is 11.7. The van der Waals surface area contributed by atoms with Gasteiger partial charge in [0.05, 0.1) is 0 Å². The molecular weight excluding hydrogens is 258 g/mol. The highest BCUT2D eigenvalue weighted by atomic mass is 16.3. The Hall–Kier alpha value is -1.64. The van der Waals surface area contributed by atoms with E-state index in [1.807, 2.05) is 24.3 Å². The second-order valence-corrected chi connectivity index (χ2v) is 6.48. The van der Waals surface area contributed by atoms with Crippen LogP contribution in [0.15, 0.2) is 54.6 Å². The monoisotopic (exact) mass is 279 g/mol. The van der Waals surface area contributed by atoms with Crippen LogP contribution in [0.2, 0.25) is 0 Å². The van der Waals surface area contributed by atoms with Gasteiger partial charge in [-0.2, -0.15) is 0 Å². The van der Waals surface area contributed by atoms with Crippen molar-refractivity contribution >= 4 is 0 Å². The molecule has 2 nitrogen and oxygen atoms in total. The van der Waals surface area contributed by atoms with E-state index in [1.165, 1.54) is 5.56 Å². The molecule has 108 valence electrons. The number of rotatable bonds is 1. The first-order valence-corrected chi connectivity index (χ1v) is 7.77. The third kappa shape index (κ3) is 1.79. The smallest absolute Gasteiger partial charge is 0.118 e. The molecule has 1 fully saturated rings. The van der Waals surface area contributed by atoms with Gasteiger partial charge in [0.15, 0.2) is 0 Å². The highest BCUT2D eigenvalue weighted by Gasteiger charge is 2.53. The van der Waals surface area contributed by atoms with Gasteiger partial charge in [-0.1, -0.05) is 54.6 Å². The molecule has 2 aromatic carbocycles. The van der Waals surface area contributed by atoms with Crippen molar-refractivity contribution in [2.24, 2.45) is 5.92 Å². The van der Waals surface area contributed by atoms with Gasteiger partial charge in [-0.25, -0.2) is 0 Å². The number of piperidine rings is 1. The molecule has 1 N–H and O–H groups in total. The lowest BCUT2D eigenvalue weighted by Gasteiger charge is -2.39. The SMILES string of the molecule is CN1CC[C@@H]2[C@@H](C1)c1ccccc1[C@]2(O)c1ccccc1. The van der Waals surface area contributed by atoms with Crippen LogP contribution in [0.3, 0.4) is 0 Å². The first-order valence-electron chi connectivity index (χ1n) is 7.77. The van der Waals surface area contributed by atoms with Gasteiger partial charge in [-0.05, 0) is 36.7 Å². The van der Waals surface area contributed by atoms with E-state index in [-0.39, 0.29) is 5.92 Å². The summed E-state index contributed by atoms with van der Waals surface area (Å²) < 4.78 is 0. The van der Waals surface area contributed by atoms with E-state index in [0.717, 1.165) is 30.6 Å². The standard InChI is InChI=1S/C19H21NO/c1-20-12-11-18-16(13-20)15-9-5-6-10-17(15)19(18,21)14-7-3-2-4-8-14/h2-10,16,18,21H,11-13H2,1H3/t16-,18+,19+/m0/s1. The summed E-state index contributed by atoms with van der Waals surface area (Å²) in [5.41, 5.74) is 2.65. The van der Waals surface area contributed by atoms with E-state index in [4.69, 9.17) is 0 Å². The molecule has 2 aliphatic rings. The maximum absolute atomic E-state index is 11.7. The lowest BCUT2D eigenvalue weighted by Crippen LogP contribution is -2.42. The molecule has 0 aromatic heterocycles. The Kier molecular flexibility index (Phi) is 2.91. The summed E-state index contributed by atoms with van der Waals surface area (Å²) in [5.74, 6) is 0.721. The van der Waals surface area contributed by atoms with Crippen molar-refractivity contribution in [2.75, 3.05) is 20.1 Å². The van der Waals surface area contributed by atoms with E-state index in [2.05, 4.69) is 42.3 Å². The Balaban J connectivity index is 1.91. The summed E-state index contributed by atoms with van der Waals surface area (Å²) in [6.45, 7) is 2.10. The van der Waals surface area contributed by atoms with Gasteiger partial charge >= 0.3 is 0 Å². The normalized spacial score (nSPS) is 31.7. The van der Waals surface area contributed by atoms with Crippen LogP contribution in [-0.4, -0.2) is 30.1 Å². The van der Waals surface area contributed by atoms with Crippen molar-refractivity contribution in [1.82, 2.24) is 4.90 Å². The van der Waals surface area contributed by atoms with Gasteiger partial charge in [0.25, 0.3) is 0 Å². The Morgan fingerprint density at radius 1 is 1.05 bits per heavy atom. The number of aliphatic hydroxyl groups is 1. The summed E-state index contributed by atoms with van der Waals surface area (Å²) in [4.78, 5) is 2.38.